The van der Waals surface area contributed by atoms with Crippen LogP contribution in [0.1, 0.15) is 22.3 Å². The van der Waals surface area contributed by atoms with Crippen molar-refractivity contribution >= 4 is 5.91 Å². The maximum absolute atomic E-state index is 12.2. The minimum absolute atomic E-state index is 0.106. The van der Waals surface area contributed by atoms with E-state index in [0.717, 1.165) is 43.7 Å². The summed E-state index contributed by atoms with van der Waals surface area (Å²) in [6.07, 6.45) is 4.40. The van der Waals surface area contributed by atoms with E-state index in [1.54, 1.807) is 12.4 Å². The van der Waals surface area contributed by atoms with E-state index in [0.29, 0.717) is 0 Å². The van der Waals surface area contributed by atoms with Gasteiger partial charge < -0.3 is 10.2 Å². The Hall–Kier alpha value is -1.42. The van der Waals surface area contributed by atoms with Crippen LogP contribution in [0, 0.1) is 6.92 Å². The highest BCUT2D eigenvalue weighted by Crippen LogP contribution is 2.10. The molecule has 0 radical (unpaired) electrons. The third kappa shape index (κ3) is 2.39. The predicted octanol–water partition coefficient (Wildman–Crippen LogP) is 0.826. The van der Waals surface area contributed by atoms with Crippen molar-refractivity contribution in [2.45, 2.75) is 13.3 Å². The molecule has 86 valence electrons. The van der Waals surface area contributed by atoms with Crippen LogP contribution in [0.25, 0.3) is 0 Å². The fourth-order valence-corrected chi connectivity index (χ4v) is 1.91. The fraction of sp³-hybridized carbons (Fsp3) is 0.500. The van der Waals surface area contributed by atoms with E-state index in [9.17, 15) is 4.79 Å². The molecule has 0 saturated carbocycles. The first-order chi connectivity index (χ1) is 7.79. The molecule has 0 spiro atoms. The summed E-state index contributed by atoms with van der Waals surface area (Å²) in [4.78, 5) is 18.2. The van der Waals surface area contributed by atoms with Gasteiger partial charge in [-0.15, -0.1) is 0 Å². The Morgan fingerprint density at radius 3 is 3.12 bits per heavy atom. The molecule has 2 heterocycles. The molecule has 2 rings (SSSR count). The van der Waals surface area contributed by atoms with Gasteiger partial charge in [0.05, 0.1) is 5.56 Å². The van der Waals surface area contributed by atoms with Gasteiger partial charge in [-0.2, -0.15) is 0 Å². The van der Waals surface area contributed by atoms with Crippen molar-refractivity contribution in [3.63, 3.8) is 0 Å². The second kappa shape index (κ2) is 5.07. The third-order valence-electron chi connectivity index (χ3n) is 2.90. The van der Waals surface area contributed by atoms with Crippen LogP contribution in [0.15, 0.2) is 18.5 Å². The Morgan fingerprint density at radius 2 is 2.31 bits per heavy atom. The number of hydrogen-bond acceptors (Lipinski definition) is 3. The first-order valence-electron chi connectivity index (χ1n) is 5.69. The lowest BCUT2D eigenvalue weighted by Crippen LogP contribution is -2.34. The number of nitrogens with one attached hydrogen (secondary N) is 1. The van der Waals surface area contributed by atoms with Crippen molar-refractivity contribution in [1.29, 1.82) is 0 Å². The maximum atomic E-state index is 12.2. The highest BCUT2D eigenvalue weighted by Gasteiger charge is 2.18. The lowest BCUT2D eigenvalue weighted by atomic mass is 10.1. The second-order valence-corrected chi connectivity index (χ2v) is 4.09. The van der Waals surface area contributed by atoms with Gasteiger partial charge in [0.1, 0.15) is 0 Å². The van der Waals surface area contributed by atoms with Crippen LogP contribution in [0.2, 0.25) is 0 Å². The van der Waals surface area contributed by atoms with Crippen molar-refractivity contribution in [3.8, 4) is 0 Å². The summed E-state index contributed by atoms with van der Waals surface area (Å²) in [6, 6.07) is 1.88. The summed E-state index contributed by atoms with van der Waals surface area (Å²) in [7, 11) is 0. The number of carbonyl (C=O) groups excluding carboxylic acids is 1. The highest BCUT2D eigenvalue weighted by atomic mass is 16.2. The van der Waals surface area contributed by atoms with E-state index in [1.807, 2.05) is 17.9 Å². The normalized spacial score (nSPS) is 16.9. The Morgan fingerprint density at radius 1 is 1.44 bits per heavy atom. The number of pyridine rings is 1. The van der Waals surface area contributed by atoms with Gasteiger partial charge in [-0.05, 0) is 31.5 Å². The number of nitrogens with zero attached hydrogens (tertiary/aromatic N) is 2. The average molecular weight is 219 g/mol. The monoisotopic (exact) mass is 219 g/mol. The summed E-state index contributed by atoms with van der Waals surface area (Å²) in [5, 5.41) is 3.29. The molecule has 0 aliphatic carbocycles. The van der Waals surface area contributed by atoms with Crippen molar-refractivity contribution in [1.82, 2.24) is 15.2 Å². The van der Waals surface area contributed by atoms with Gasteiger partial charge in [0.25, 0.3) is 5.91 Å². The molecule has 1 aromatic heterocycles. The van der Waals surface area contributed by atoms with Crippen molar-refractivity contribution in [3.05, 3.63) is 29.6 Å². The molecule has 0 atom stereocenters. The molecular weight excluding hydrogens is 202 g/mol. The topological polar surface area (TPSA) is 45.2 Å². The number of hydrogen-bond donors (Lipinski definition) is 1. The Balaban J connectivity index is 2.14. The molecule has 0 aromatic carbocycles. The van der Waals surface area contributed by atoms with Crippen molar-refractivity contribution in [2.75, 3.05) is 26.2 Å². The Bertz CT molecular complexity index is 370. The molecule has 1 N–H and O–H groups in total. The highest BCUT2D eigenvalue weighted by molar-refractivity contribution is 5.95. The summed E-state index contributed by atoms with van der Waals surface area (Å²) in [5.41, 5.74) is 1.72. The SMILES string of the molecule is Cc1ccncc1C(=O)N1CCCNCC1. The van der Waals surface area contributed by atoms with E-state index in [2.05, 4.69) is 10.3 Å². The number of aromatic nitrogens is 1. The molecule has 1 saturated heterocycles. The number of rotatable bonds is 1. The second-order valence-electron chi connectivity index (χ2n) is 4.09. The Kier molecular flexibility index (Phi) is 3.51. The van der Waals surface area contributed by atoms with E-state index in [4.69, 9.17) is 0 Å². The molecule has 1 fully saturated rings. The van der Waals surface area contributed by atoms with E-state index in [1.165, 1.54) is 0 Å². The van der Waals surface area contributed by atoms with Crippen LogP contribution in [0.3, 0.4) is 0 Å². The fourth-order valence-electron chi connectivity index (χ4n) is 1.91. The summed E-state index contributed by atoms with van der Waals surface area (Å²) < 4.78 is 0. The number of aryl methyl sites for hydroxylation is 1. The van der Waals surface area contributed by atoms with Gasteiger partial charge in [-0.3, -0.25) is 9.78 Å². The zero-order valence-electron chi connectivity index (χ0n) is 9.57. The van der Waals surface area contributed by atoms with Crippen molar-refractivity contribution in [2.24, 2.45) is 0 Å². The summed E-state index contributed by atoms with van der Waals surface area (Å²) in [5.74, 6) is 0.106. The summed E-state index contributed by atoms with van der Waals surface area (Å²) in [6.45, 7) is 5.44. The van der Waals surface area contributed by atoms with Gasteiger partial charge in [0.15, 0.2) is 0 Å². The zero-order chi connectivity index (χ0) is 11.4. The quantitative estimate of drug-likeness (QED) is 0.760. The van der Waals surface area contributed by atoms with Crippen LogP contribution in [-0.2, 0) is 0 Å². The van der Waals surface area contributed by atoms with Gasteiger partial charge in [0.2, 0.25) is 0 Å². The minimum Gasteiger partial charge on any atom is -0.337 e. The standard InChI is InChI=1S/C12H17N3O/c1-10-3-5-14-9-11(10)12(16)15-7-2-4-13-6-8-15/h3,5,9,13H,2,4,6-8H2,1H3. The van der Waals surface area contributed by atoms with Crippen LogP contribution in [0.5, 0.6) is 0 Å². The van der Waals surface area contributed by atoms with Gasteiger partial charge in [-0.1, -0.05) is 0 Å². The first-order valence-corrected chi connectivity index (χ1v) is 5.69. The molecule has 1 aromatic rings. The van der Waals surface area contributed by atoms with Crippen molar-refractivity contribution < 1.29 is 4.79 Å². The molecule has 1 amide bonds. The third-order valence-corrected chi connectivity index (χ3v) is 2.90. The molecule has 16 heavy (non-hydrogen) atoms. The lowest BCUT2D eigenvalue weighted by Gasteiger charge is -2.20. The largest absolute Gasteiger partial charge is 0.337 e. The summed E-state index contributed by atoms with van der Waals surface area (Å²) >= 11 is 0. The van der Waals surface area contributed by atoms with Gasteiger partial charge >= 0.3 is 0 Å². The Labute approximate surface area is 95.7 Å². The van der Waals surface area contributed by atoms with E-state index >= 15 is 0 Å². The maximum Gasteiger partial charge on any atom is 0.255 e. The molecule has 0 bridgehead atoms. The van der Waals surface area contributed by atoms with Crippen LogP contribution in [0.4, 0.5) is 0 Å². The smallest absolute Gasteiger partial charge is 0.255 e. The van der Waals surface area contributed by atoms with E-state index < -0.39 is 0 Å². The predicted molar refractivity (Wildman–Crippen MR) is 62.4 cm³/mol. The number of amides is 1. The molecule has 0 unspecified atom stereocenters. The van der Waals surface area contributed by atoms with E-state index in [-0.39, 0.29) is 5.91 Å². The first kappa shape index (κ1) is 11.1. The lowest BCUT2D eigenvalue weighted by molar-refractivity contribution is 0.0765. The molecular formula is C12H17N3O. The molecule has 4 heteroatoms. The molecule has 1 aliphatic rings. The van der Waals surface area contributed by atoms with Crippen LogP contribution < -0.4 is 5.32 Å². The minimum atomic E-state index is 0.106. The molecule has 1 aliphatic heterocycles. The van der Waals surface area contributed by atoms with Crippen LogP contribution in [-0.4, -0.2) is 42.0 Å². The number of carbonyl (C=O) groups is 1. The zero-order valence-corrected chi connectivity index (χ0v) is 9.57. The van der Waals surface area contributed by atoms with Gasteiger partial charge in [-0.25, -0.2) is 0 Å². The van der Waals surface area contributed by atoms with Gasteiger partial charge in [0, 0.05) is 32.0 Å². The average Bonchev–Trinajstić information content (AvgIpc) is 2.57. The van der Waals surface area contributed by atoms with Crippen LogP contribution >= 0.6 is 0 Å². The molecule has 4 nitrogen and oxygen atoms in total.